The van der Waals surface area contributed by atoms with E-state index in [4.69, 9.17) is 0 Å². The van der Waals surface area contributed by atoms with Crippen molar-refractivity contribution in [1.82, 2.24) is 4.90 Å². The average Bonchev–Trinajstić information content (AvgIpc) is 2.84. The molecule has 21 heavy (non-hydrogen) atoms. The molecule has 1 aromatic carbocycles. The maximum absolute atomic E-state index is 12.1. The Balaban J connectivity index is 1.98. The molecule has 2 aromatic rings. The van der Waals surface area contributed by atoms with E-state index in [0.29, 0.717) is 12.2 Å². The van der Waals surface area contributed by atoms with Crippen molar-refractivity contribution in [1.29, 1.82) is 0 Å². The number of anilines is 1. The standard InChI is InChI=1S/C15H17BrN2O2S/c1-10(19)11-4-3-5-13(6-11)17-15(20)18(2)8-14-7-12(16)9-21-14/h3-7,9-10,19H,8H2,1-2H3,(H,17,20). The lowest BCUT2D eigenvalue weighted by molar-refractivity contribution is 0.199. The second kappa shape index (κ2) is 7.06. The van der Waals surface area contributed by atoms with E-state index in [-0.39, 0.29) is 6.03 Å². The van der Waals surface area contributed by atoms with Crippen LogP contribution in [0.4, 0.5) is 10.5 Å². The van der Waals surface area contributed by atoms with Crippen LogP contribution in [-0.2, 0) is 6.54 Å². The van der Waals surface area contributed by atoms with Crippen LogP contribution in [0.5, 0.6) is 0 Å². The number of carbonyl (C=O) groups excluding carboxylic acids is 1. The number of aliphatic hydroxyl groups is 1. The summed E-state index contributed by atoms with van der Waals surface area (Å²) in [5.41, 5.74) is 1.45. The van der Waals surface area contributed by atoms with E-state index in [2.05, 4.69) is 21.2 Å². The summed E-state index contributed by atoms with van der Waals surface area (Å²) in [6.45, 7) is 2.25. The average molecular weight is 369 g/mol. The zero-order chi connectivity index (χ0) is 15.4. The highest BCUT2D eigenvalue weighted by molar-refractivity contribution is 9.10. The fourth-order valence-electron chi connectivity index (χ4n) is 1.84. The Labute approximate surface area is 136 Å². The SMILES string of the molecule is CC(O)c1cccc(NC(=O)N(C)Cc2cc(Br)cs2)c1. The van der Waals surface area contributed by atoms with E-state index in [1.165, 1.54) is 0 Å². The summed E-state index contributed by atoms with van der Waals surface area (Å²) in [5.74, 6) is 0. The van der Waals surface area contributed by atoms with Crippen LogP contribution < -0.4 is 5.32 Å². The summed E-state index contributed by atoms with van der Waals surface area (Å²) >= 11 is 5.01. The Morgan fingerprint density at radius 1 is 1.48 bits per heavy atom. The van der Waals surface area contributed by atoms with Crippen molar-refractivity contribution in [3.05, 3.63) is 50.6 Å². The van der Waals surface area contributed by atoms with Crippen molar-refractivity contribution in [3.63, 3.8) is 0 Å². The van der Waals surface area contributed by atoms with Crippen LogP contribution in [0.15, 0.2) is 40.2 Å². The Morgan fingerprint density at radius 3 is 2.86 bits per heavy atom. The fraction of sp³-hybridized carbons (Fsp3) is 0.267. The van der Waals surface area contributed by atoms with Crippen molar-refractivity contribution in [3.8, 4) is 0 Å². The number of aliphatic hydroxyl groups excluding tert-OH is 1. The number of benzene rings is 1. The zero-order valence-corrected chi connectivity index (χ0v) is 14.2. The molecule has 1 heterocycles. The Bertz CT molecular complexity index is 628. The molecule has 4 nitrogen and oxygen atoms in total. The molecule has 0 bridgehead atoms. The number of carbonyl (C=O) groups is 1. The third-order valence-electron chi connectivity index (χ3n) is 2.98. The van der Waals surface area contributed by atoms with Gasteiger partial charge in [0.2, 0.25) is 0 Å². The quantitative estimate of drug-likeness (QED) is 0.848. The van der Waals surface area contributed by atoms with Crippen molar-refractivity contribution >= 4 is 39.0 Å². The molecule has 0 aliphatic rings. The van der Waals surface area contributed by atoms with Gasteiger partial charge in [-0.15, -0.1) is 11.3 Å². The summed E-state index contributed by atoms with van der Waals surface area (Å²) in [4.78, 5) is 14.9. The van der Waals surface area contributed by atoms with Crippen molar-refractivity contribution < 1.29 is 9.90 Å². The van der Waals surface area contributed by atoms with Gasteiger partial charge in [0, 0.05) is 27.5 Å². The molecule has 0 aliphatic carbocycles. The van der Waals surface area contributed by atoms with Crippen LogP contribution >= 0.6 is 27.3 Å². The summed E-state index contributed by atoms with van der Waals surface area (Å²) in [7, 11) is 1.75. The second-order valence-corrected chi connectivity index (χ2v) is 6.73. The molecule has 0 aliphatic heterocycles. The molecule has 0 saturated carbocycles. The zero-order valence-electron chi connectivity index (χ0n) is 11.8. The molecule has 2 N–H and O–H groups in total. The molecule has 6 heteroatoms. The molecule has 0 saturated heterocycles. The first-order valence-corrected chi connectivity index (χ1v) is 8.16. The minimum absolute atomic E-state index is 0.178. The molecule has 112 valence electrons. The molecular formula is C15H17BrN2O2S. The molecule has 0 radical (unpaired) electrons. The number of nitrogens with zero attached hydrogens (tertiary/aromatic N) is 1. The second-order valence-electron chi connectivity index (χ2n) is 4.82. The van der Waals surface area contributed by atoms with Gasteiger partial charge in [0.15, 0.2) is 0 Å². The largest absolute Gasteiger partial charge is 0.389 e. The Hall–Kier alpha value is -1.37. The maximum atomic E-state index is 12.1. The lowest BCUT2D eigenvalue weighted by atomic mass is 10.1. The van der Waals surface area contributed by atoms with Gasteiger partial charge in [-0.1, -0.05) is 12.1 Å². The Kier molecular flexibility index (Phi) is 5.39. The normalized spacial score (nSPS) is 12.0. The number of hydrogen-bond donors (Lipinski definition) is 2. The van der Waals surface area contributed by atoms with E-state index < -0.39 is 6.10 Å². The first-order chi connectivity index (χ1) is 9.95. The molecule has 1 aromatic heterocycles. The third-order valence-corrected chi connectivity index (χ3v) is 4.66. The van der Waals surface area contributed by atoms with Gasteiger partial charge in [0.1, 0.15) is 0 Å². The van der Waals surface area contributed by atoms with E-state index in [0.717, 1.165) is 14.9 Å². The molecule has 1 unspecified atom stereocenters. The van der Waals surface area contributed by atoms with Crippen LogP contribution in [0.2, 0.25) is 0 Å². The molecule has 2 amide bonds. The van der Waals surface area contributed by atoms with E-state index >= 15 is 0 Å². The Morgan fingerprint density at radius 2 is 2.24 bits per heavy atom. The van der Waals surface area contributed by atoms with E-state index in [1.807, 2.05) is 23.6 Å². The highest BCUT2D eigenvalue weighted by atomic mass is 79.9. The minimum atomic E-state index is -0.553. The van der Waals surface area contributed by atoms with Gasteiger partial charge >= 0.3 is 6.03 Å². The smallest absolute Gasteiger partial charge is 0.321 e. The predicted molar refractivity (Wildman–Crippen MR) is 89.6 cm³/mol. The van der Waals surface area contributed by atoms with Crippen LogP contribution in [0.3, 0.4) is 0 Å². The lowest BCUT2D eigenvalue weighted by Crippen LogP contribution is -2.30. The summed E-state index contributed by atoms with van der Waals surface area (Å²) in [5, 5.41) is 14.4. The highest BCUT2D eigenvalue weighted by Gasteiger charge is 2.11. The monoisotopic (exact) mass is 368 g/mol. The van der Waals surface area contributed by atoms with Crippen LogP contribution in [0.1, 0.15) is 23.5 Å². The predicted octanol–water partition coefficient (Wildman–Crippen LogP) is 4.23. The van der Waals surface area contributed by atoms with E-state index in [1.54, 1.807) is 42.3 Å². The number of hydrogen-bond acceptors (Lipinski definition) is 3. The summed E-state index contributed by atoms with van der Waals surface area (Å²) in [6, 6.07) is 9.05. The van der Waals surface area contributed by atoms with Gasteiger partial charge in [0.05, 0.1) is 12.6 Å². The first-order valence-electron chi connectivity index (χ1n) is 6.49. The fourth-order valence-corrected chi connectivity index (χ4v) is 3.34. The first kappa shape index (κ1) is 16.0. The number of nitrogens with one attached hydrogen (secondary N) is 1. The third kappa shape index (κ3) is 4.56. The molecule has 0 fully saturated rings. The molecule has 1 atom stereocenters. The van der Waals surface area contributed by atoms with Crippen LogP contribution in [0.25, 0.3) is 0 Å². The number of thiophene rings is 1. The van der Waals surface area contributed by atoms with Crippen molar-refractivity contribution in [2.45, 2.75) is 19.6 Å². The van der Waals surface area contributed by atoms with Crippen molar-refractivity contribution in [2.24, 2.45) is 0 Å². The lowest BCUT2D eigenvalue weighted by Gasteiger charge is -2.17. The number of amides is 2. The summed E-state index contributed by atoms with van der Waals surface area (Å²) < 4.78 is 1.03. The van der Waals surface area contributed by atoms with Gasteiger partial charge in [0.25, 0.3) is 0 Å². The topological polar surface area (TPSA) is 52.6 Å². The molecular weight excluding hydrogens is 352 g/mol. The minimum Gasteiger partial charge on any atom is -0.389 e. The van der Waals surface area contributed by atoms with Gasteiger partial charge in [-0.2, -0.15) is 0 Å². The van der Waals surface area contributed by atoms with Crippen LogP contribution in [-0.4, -0.2) is 23.1 Å². The molecule has 2 rings (SSSR count). The maximum Gasteiger partial charge on any atom is 0.321 e. The van der Waals surface area contributed by atoms with Gasteiger partial charge in [-0.25, -0.2) is 4.79 Å². The number of urea groups is 1. The van der Waals surface area contributed by atoms with Gasteiger partial charge in [-0.05, 0) is 46.6 Å². The number of halogens is 1. The highest BCUT2D eigenvalue weighted by Crippen LogP contribution is 2.21. The molecule has 0 spiro atoms. The van der Waals surface area contributed by atoms with Gasteiger partial charge < -0.3 is 15.3 Å². The summed E-state index contributed by atoms with van der Waals surface area (Å²) in [6.07, 6.45) is -0.553. The van der Waals surface area contributed by atoms with Crippen molar-refractivity contribution in [2.75, 3.05) is 12.4 Å². The van der Waals surface area contributed by atoms with Gasteiger partial charge in [-0.3, -0.25) is 0 Å². The van der Waals surface area contributed by atoms with Crippen LogP contribution in [0, 0.1) is 0 Å². The number of rotatable bonds is 4. The van der Waals surface area contributed by atoms with E-state index in [9.17, 15) is 9.90 Å².